The molecule has 0 bridgehead atoms. The average molecular weight is 221 g/mol. The minimum absolute atomic E-state index is 0.307. The van der Waals surface area contributed by atoms with E-state index < -0.39 is 0 Å². The Morgan fingerprint density at radius 3 is 2.38 bits per heavy atom. The Hall–Kier alpha value is -1.02. The van der Waals surface area contributed by atoms with E-state index in [-0.39, 0.29) is 0 Å². The molecule has 0 unspecified atom stereocenters. The van der Waals surface area contributed by atoms with E-state index in [1.54, 1.807) is 0 Å². The van der Waals surface area contributed by atoms with E-state index in [1.165, 1.54) is 22.4 Å². The van der Waals surface area contributed by atoms with Gasteiger partial charge in [-0.05, 0) is 51.3 Å². The Labute approximate surface area is 99.0 Å². The molecule has 0 heterocycles. The SMILES string of the molecule is Cc1ccc(C)c(NCCOC(C)C)c1C. The van der Waals surface area contributed by atoms with Crippen LogP contribution in [0.15, 0.2) is 12.1 Å². The van der Waals surface area contributed by atoms with Crippen LogP contribution in [0.5, 0.6) is 0 Å². The van der Waals surface area contributed by atoms with Crippen molar-refractivity contribution in [3.8, 4) is 0 Å². The van der Waals surface area contributed by atoms with Crippen LogP contribution in [-0.2, 0) is 4.74 Å². The minimum atomic E-state index is 0.307. The average Bonchev–Trinajstić information content (AvgIpc) is 2.22. The summed E-state index contributed by atoms with van der Waals surface area (Å²) < 4.78 is 5.51. The molecule has 90 valence electrons. The minimum Gasteiger partial charge on any atom is -0.382 e. The Bertz CT molecular complexity index is 345. The van der Waals surface area contributed by atoms with Gasteiger partial charge in [-0.3, -0.25) is 0 Å². The van der Waals surface area contributed by atoms with Gasteiger partial charge in [-0.15, -0.1) is 0 Å². The summed E-state index contributed by atoms with van der Waals surface area (Å²) in [6.07, 6.45) is 0.307. The van der Waals surface area contributed by atoms with Crippen molar-refractivity contribution < 1.29 is 4.74 Å². The van der Waals surface area contributed by atoms with Crippen molar-refractivity contribution >= 4 is 5.69 Å². The number of benzene rings is 1. The third-order valence-corrected chi connectivity index (χ3v) is 2.80. The molecule has 16 heavy (non-hydrogen) atoms. The maximum atomic E-state index is 5.51. The van der Waals surface area contributed by atoms with Crippen molar-refractivity contribution in [1.29, 1.82) is 0 Å². The molecule has 0 aliphatic carbocycles. The van der Waals surface area contributed by atoms with E-state index in [1.807, 2.05) is 0 Å². The Balaban J connectivity index is 2.56. The zero-order chi connectivity index (χ0) is 12.1. The summed E-state index contributed by atoms with van der Waals surface area (Å²) >= 11 is 0. The first-order chi connectivity index (χ1) is 7.52. The molecule has 0 aliphatic rings. The first-order valence-corrected chi connectivity index (χ1v) is 5.94. The van der Waals surface area contributed by atoms with Gasteiger partial charge >= 0.3 is 0 Å². The van der Waals surface area contributed by atoms with E-state index in [0.717, 1.165) is 13.2 Å². The highest BCUT2D eigenvalue weighted by Crippen LogP contribution is 2.22. The summed E-state index contributed by atoms with van der Waals surface area (Å²) in [7, 11) is 0. The van der Waals surface area contributed by atoms with Gasteiger partial charge in [-0.1, -0.05) is 12.1 Å². The highest BCUT2D eigenvalue weighted by Gasteiger charge is 2.04. The van der Waals surface area contributed by atoms with Crippen molar-refractivity contribution in [1.82, 2.24) is 0 Å². The lowest BCUT2D eigenvalue weighted by atomic mass is 10.0. The third kappa shape index (κ3) is 3.53. The Morgan fingerprint density at radius 2 is 1.75 bits per heavy atom. The Morgan fingerprint density at radius 1 is 1.12 bits per heavy atom. The zero-order valence-corrected chi connectivity index (χ0v) is 11.1. The van der Waals surface area contributed by atoms with Crippen LogP contribution in [0.4, 0.5) is 5.69 Å². The van der Waals surface area contributed by atoms with Crippen LogP contribution in [0, 0.1) is 20.8 Å². The number of hydrogen-bond donors (Lipinski definition) is 1. The van der Waals surface area contributed by atoms with Crippen molar-refractivity contribution in [2.75, 3.05) is 18.5 Å². The summed E-state index contributed by atoms with van der Waals surface area (Å²) in [4.78, 5) is 0. The molecule has 0 fully saturated rings. The number of ether oxygens (including phenoxy) is 1. The molecular weight excluding hydrogens is 198 g/mol. The number of aryl methyl sites for hydroxylation is 2. The fourth-order valence-corrected chi connectivity index (χ4v) is 1.69. The molecule has 1 N–H and O–H groups in total. The van der Waals surface area contributed by atoms with Crippen LogP contribution in [0.1, 0.15) is 30.5 Å². The van der Waals surface area contributed by atoms with Crippen molar-refractivity contribution in [3.63, 3.8) is 0 Å². The lowest BCUT2D eigenvalue weighted by Gasteiger charge is -2.15. The molecule has 2 heteroatoms. The topological polar surface area (TPSA) is 21.3 Å². The van der Waals surface area contributed by atoms with Gasteiger partial charge in [0.1, 0.15) is 0 Å². The monoisotopic (exact) mass is 221 g/mol. The van der Waals surface area contributed by atoms with Gasteiger partial charge in [-0.2, -0.15) is 0 Å². The molecule has 0 aromatic heterocycles. The molecule has 0 spiro atoms. The van der Waals surface area contributed by atoms with Crippen molar-refractivity contribution in [2.45, 2.75) is 40.7 Å². The lowest BCUT2D eigenvalue weighted by molar-refractivity contribution is 0.0870. The molecule has 0 saturated carbocycles. The molecule has 1 aromatic rings. The third-order valence-electron chi connectivity index (χ3n) is 2.80. The van der Waals surface area contributed by atoms with Gasteiger partial charge in [0.15, 0.2) is 0 Å². The molecular formula is C14H23NO. The highest BCUT2D eigenvalue weighted by atomic mass is 16.5. The summed E-state index contributed by atoms with van der Waals surface area (Å²) in [5.41, 5.74) is 5.22. The van der Waals surface area contributed by atoms with E-state index in [0.29, 0.717) is 6.10 Å². The van der Waals surface area contributed by atoms with Crippen molar-refractivity contribution in [3.05, 3.63) is 28.8 Å². The molecule has 0 atom stereocenters. The van der Waals surface area contributed by atoms with Gasteiger partial charge in [0.05, 0.1) is 12.7 Å². The fraction of sp³-hybridized carbons (Fsp3) is 0.571. The highest BCUT2D eigenvalue weighted by molar-refractivity contribution is 5.59. The van der Waals surface area contributed by atoms with Crippen LogP contribution in [0.2, 0.25) is 0 Å². The Kier molecular flexibility index (Phi) is 4.81. The van der Waals surface area contributed by atoms with Crippen LogP contribution < -0.4 is 5.32 Å². The van der Waals surface area contributed by atoms with E-state index >= 15 is 0 Å². The smallest absolute Gasteiger partial charge is 0.0642 e. The molecule has 0 radical (unpaired) electrons. The number of anilines is 1. The second-order valence-corrected chi connectivity index (χ2v) is 4.55. The van der Waals surface area contributed by atoms with Gasteiger partial charge in [0.25, 0.3) is 0 Å². The van der Waals surface area contributed by atoms with E-state index in [4.69, 9.17) is 4.74 Å². The van der Waals surface area contributed by atoms with E-state index in [2.05, 4.69) is 52.1 Å². The van der Waals surface area contributed by atoms with Gasteiger partial charge in [0.2, 0.25) is 0 Å². The normalized spacial score (nSPS) is 10.9. The number of nitrogens with one attached hydrogen (secondary N) is 1. The van der Waals surface area contributed by atoms with Crippen LogP contribution in [0.3, 0.4) is 0 Å². The number of rotatable bonds is 5. The molecule has 1 rings (SSSR count). The maximum absolute atomic E-state index is 5.51. The summed E-state index contributed by atoms with van der Waals surface area (Å²) in [5.74, 6) is 0. The summed E-state index contributed by atoms with van der Waals surface area (Å²) in [5, 5.41) is 3.45. The van der Waals surface area contributed by atoms with Crippen LogP contribution in [0.25, 0.3) is 0 Å². The summed E-state index contributed by atoms with van der Waals surface area (Å²) in [6, 6.07) is 4.33. The molecule has 0 aliphatic heterocycles. The first kappa shape index (κ1) is 13.0. The van der Waals surface area contributed by atoms with Crippen LogP contribution in [-0.4, -0.2) is 19.3 Å². The molecule has 0 saturated heterocycles. The largest absolute Gasteiger partial charge is 0.382 e. The van der Waals surface area contributed by atoms with Crippen LogP contribution >= 0.6 is 0 Å². The standard InChI is InChI=1S/C14H23NO/c1-10(2)16-9-8-15-14-12(4)7-6-11(3)13(14)5/h6-7,10,15H,8-9H2,1-5H3. The van der Waals surface area contributed by atoms with Crippen molar-refractivity contribution in [2.24, 2.45) is 0 Å². The van der Waals surface area contributed by atoms with Gasteiger partial charge < -0.3 is 10.1 Å². The molecule has 2 nitrogen and oxygen atoms in total. The fourth-order valence-electron chi connectivity index (χ4n) is 1.69. The molecule has 0 amide bonds. The number of hydrogen-bond acceptors (Lipinski definition) is 2. The lowest BCUT2D eigenvalue weighted by Crippen LogP contribution is -2.14. The molecule has 1 aromatic carbocycles. The second kappa shape index (κ2) is 5.90. The zero-order valence-electron chi connectivity index (χ0n) is 11.1. The predicted molar refractivity (Wildman–Crippen MR) is 70.2 cm³/mol. The van der Waals surface area contributed by atoms with Gasteiger partial charge in [0, 0.05) is 12.2 Å². The predicted octanol–water partition coefficient (Wildman–Crippen LogP) is 3.45. The van der Waals surface area contributed by atoms with Gasteiger partial charge in [-0.25, -0.2) is 0 Å². The second-order valence-electron chi connectivity index (χ2n) is 4.55. The summed E-state index contributed by atoms with van der Waals surface area (Å²) in [6.45, 7) is 12.2. The van der Waals surface area contributed by atoms with E-state index in [9.17, 15) is 0 Å². The maximum Gasteiger partial charge on any atom is 0.0642 e. The first-order valence-electron chi connectivity index (χ1n) is 5.94. The quantitative estimate of drug-likeness (QED) is 0.769.